The number of hydrogen-bond acceptors (Lipinski definition) is 4. The lowest BCUT2D eigenvalue weighted by molar-refractivity contribution is -0.135. The molecule has 1 atom stereocenters. The molecule has 2 heterocycles. The number of esters is 1. The minimum absolute atomic E-state index is 0.277. The predicted octanol–water partition coefficient (Wildman–Crippen LogP) is 2.87. The van der Waals surface area contributed by atoms with E-state index in [-0.39, 0.29) is 11.9 Å². The summed E-state index contributed by atoms with van der Waals surface area (Å²) in [6.07, 6.45) is 4.66. The van der Waals surface area contributed by atoms with Crippen molar-refractivity contribution in [1.82, 2.24) is 4.90 Å². The van der Waals surface area contributed by atoms with Gasteiger partial charge in [-0.3, -0.25) is 4.79 Å². The molecule has 2 rings (SSSR count). The van der Waals surface area contributed by atoms with Gasteiger partial charge in [0.2, 0.25) is 5.91 Å². The largest absolute Gasteiger partial charge is 0.465 e. The SMILES string of the molecule is COC(=O)c1ccc(CCCN2C(=O)CCCC2C)s1. The number of thiophene rings is 1. The number of nitrogens with zero attached hydrogens (tertiary/aromatic N) is 1. The molecule has 1 aromatic heterocycles. The maximum absolute atomic E-state index is 11.8. The topological polar surface area (TPSA) is 46.6 Å². The van der Waals surface area contributed by atoms with Crippen molar-refractivity contribution in [2.45, 2.75) is 45.1 Å². The van der Waals surface area contributed by atoms with Crippen LogP contribution in [0.5, 0.6) is 0 Å². The molecule has 0 bridgehead atoms. The van der Waals surface area contributed by atoms with E-state index in [0.717, 1.165) is 32.2 Å². The van der Waals surface area contributed by atoms with Crippen molar-refractivity contribution >= 4 is 23.2 Å². The van der Waals surface area contributed by atoms with E-state index in [1.54, 1.807) is 6.07 Å². The first-order valence-corrected chi connectivity index (χ1v) is 7.90. The second kappa shape index (κ2) is 6.88. The summed E-state index contributed by atoms with van der Waals surface area (Å²) in [4.78, 5) is 27.0. The van der Waals surface area contributed by atoms with Gasteiger partial charge in [-0.2, -0.15) is 0 Å². The predicted molar refractivity (Wildman–Crippen MR) is 79.0 cm³/mol. The summed E-state index contributed by atoms with van der Waals surface area (Å²) in [7, 11) is 1.39. The molecule has 0 radical (unpaired) electrons. The Morgan fingerprint density at radius 2 is 2.30 bits per heavy atom. The van der Waals surface area contributed by atoms with Crippen LogP contribution in [0, 0.1) is 0 Å². The summed E-state index contributed by atoms with van der Waals surface area (Å²) >= 11 is 1.48. The summed E-state index contributed by atoms with van der Waals surface area (Å²) in [5.74, 6) is 0.00580. The Kier molecular flexibility index (Phi) is 5.17. The van der Waals surface area contributed by atoms with Crippen LogP contribution >= 0.6 is 11.3 Å². The second-order valence-corrected chi connectivity index (χ2v) is 6.36. The van der Waals surface area contributed by atoms with Crippen LogP contribution in [-0.2, 0) is 16.0 Å². The average Bonchev–Trinajstić information content (AvgIpc) is 2.90. The summed E-state index contributed by atoms with van der Waals surface area (Å²) in [5.41, 5.74) is 0. The molecule has 1 aliphatic rings. The van der Waals surface area contributed by atoms with Crippen molar-refractivity contribution in [3.63, 3.8) is 0 Å². The smallest absolute Gasteiger partial charge is 0.348 e. The lowest BCUT2D eigenvalue weighted by Crippen LogP contribution is -2.42. The van der Waals surface area contributed by atoms with Crippen LogP contribution in [0.2, 0.25) is 0 Å². The summed E-state index contributed by atoms with van der Waals surface area (Å²) in [6.45, 7) is 2.93. The number of carbonyl (C=O) groups excluding carboxylic acids is 2. The summed E-state index contributed by atoms with van der Waals surface area (Å²) in [6, 6.07) is 4.14. The van der Waals surface area contributed by atoms with Crippen molar-refractivity contribution in [1.29, 1.82) is 0 Å². The number of hydrogen-bond donors (Lipinski definition) is 0. The third-order valence-electron chi connectivity index (χ3n) is 3.74. The van der Waals surface area contributed by atoms with E-state index >= 15 is 0 Å². The van der Waals surface area contributed by atoms with Crippen LogP contribution in [0.1, 0.15) is 47.2 Å². The van der Waals surface area contributed by atoms with E-state index < -0.39 is 0 Å². The molecule has 5 heteroatoms. The third kappa shape index (κ3) is 3.60. The zero-order chi connectivity index (χ0) is 14.5. The molecule has 20 heavy (non-hydrogen) atoms. The Labute approximate surface area is 123 Å². The van der Waals surface area contributed by atoms with Gasteiger partial charge in [0.15, 0.2) is 0 Å². The third-order valence-corrected chi connectivity index (χ3v) is 4.86. The molecule has 0 saturated carbocycles. The van der Waals surface area contributed by atoms with Gasteiger partial charge >= 0.3 is 5.97 Å². The number of aryl methyl sites for hydroxylation is 1. The zero-order valence-corrected chi connectivity index (χ0v) is 12.9. The number of piperidine rings is 1. The van der Waals surface area contributed by atoms with Gasteiger partial charge in [-0.05, 0) is 44.7 Å². The van der Waals surface area contributed by atoms with Crippen LogP contribution in [0.3, 0.4) is 0 Å². The van der Waals surface area contributed by atoms with Crippen LogP contribution in [0.15, 0.2) is 12.1 Å². The van der Waals surface area contributed by atoms with Crippen LogP contribution in [-0.4, -0.2) is 36.5 Å². The lowest BCUT2D eigenvalue weighted by atomic mass is 10.0. The normalized spacial score (nSPS) is 19.2. The number of ether oxygens (including phenoxy) is 1. The van der Waals surface area contributed by atoms with Gasteiger partial charge in [-0.25, -0.2) is 4.79 Å². The van der Waals surface area contributed by atoms with Crippen molar-refractivity contribution in [2.24, 2.45) is 0 Å². The molecule has 1 aromatic rings. The molecule has 1 fully saturated rings. The van der Waals surface area contributed by atoms with E-state index in [2.05, 4.69) is 6.92 Å². The lowest BCUT2D eigenvalue weighted by Gasteiger charge is -2.33. The van der Waals surface area contributed by atoms with Gasteiger partial charge in [0, 0.05) is 23.9 Å². The number of carbonyl (C=O) groups is 2. The van der Waals surface area contributed by atoms with E-state index in [9.17, 15) is 9.59 Å². The first-order chi connectivity index (χ1) is 9.61. The standard InChI is InChI=1S/C15H21NO3S/c1-11-5-3-7-14(17)16(11)10-4-6-12-8-9-13(20-12)15(18)19-2/h8-9,11H,3-7,10H2,1-2H3. The number of amides is 1. The Morgan fingerprint density at radius 1 is 1.50 bits per heavy atom. The molecule has 1 amide bonds. The highest BCUT2D eigenvalue weighted by Crippen LogP contribution is 2.21. The van der Waals surface area contributed by atoms with Gasteiger partial charge in [0.1, 0.15) is 4.88 Å². The number of methoxy groups -OCH3 is 1. The second-order valence-electron chi connectivity index (χ2n) is 5.19. The minimum Gasteiger partial charge on any atom is -0.465 e. The molecular weight excluding hydrogens is 274 g/mol. The summed E-state index contributed by atoms with van der Waals surface area (Å²) < 4.78 is 4.70. The number of likely N-dealkylation sites (tertiary alicyclic amines) is 1. The summed E-state index contributed by atoms with van der Waals surface area (Å²) in [5, 5.41) is 0. The average molecular weight is 295 g/mol. The molecule has 4 nitrogen and oxygen atoms in total. The molecule has 110 valence electrons. The van der Waals surface area contributed by atoms with Crippen molar-refractivity contribution in [2.75, 3.05) is 13.7 Å². The van der Waals surface area contributed by atoms with Gasteiger partial charge in [0.05, 0.1) is 7.11 Å². The highest BCUT2D eigenvalue weighted by molar-refractivity contribution is 7.13. The molecular formula is C15H21NO3S. The van der Waals surface area contributed by atoms with Crippen molar-refractivity contribution in [3.8, 4) is 0 Å². The first-order valence-electron chi connectivity index (χ1n) is 7.08. The van der Waals surface area contributed by atoms with E-state index in [0.29, 0.717) is 17.3 Å². The fraction of sp³-hybridized carbons (Fsp3) is 0.600. The molecule has 0 spiro atoms. The van der Waals surface area contributed by atoms with Gasteiger partial charge in [-0.1, -0.05) is 0 Å². The minimum atomic E-state index is -0.277. The van der Waals surface area contributed by atoms with Gasteiger partial charge in [0.25, 0.3) is 0 Å². The molecule has 1 unspecified atom stereocenters. The van der Waals surface area contributed by atoms with Crippen molar-refractivity contribution in [3.05, 3.63) is 21.9 Å². The van der Waals surface area contributed by atoms with Crippen LogP contribution < -0.4 is 0 Å². The van der Waals surface area contributed by atoms with E-state index in [1.165, 1.54) is 23.3 Å². The number of rotatable bonds is 5. The highest BCUT2D eigenvalue weighted by Gasteiger charge is 2.23. The molecule has 0 aromatic carbocycles. The molecule has 1 saturated heterocycles. The highest BCUT2D eigenvalue weighted by atomic mass is 32.1. The maximum atomic E-state index is 11.8. The van der Waals surface area contributed by atoms with Gasteiger partial charge < -0.3 is 9.64 Å². The van der Waals surface area contributed by atoms with Crippen LogP contribution in [0.4, 0.5) is 0 Å². The molecule has 0 aliphatic carbocycles. The Balaban J connectivity index is 1.82. The fourth-order valence-electron chi connectivity index (χ4n) is 2.59. The Bertz CT molecular complexity index is 483. The van der Waals surface area contributed by atoms with E-state index in [4.69, 9.17) is 4.74 Å². The Hall–Kier alpha value is -1.36. The first kappa shape index (κ1) is 15.0. The molecule has 1 aliphatic heterocycles. The van der Waals surface area contributed by atoms with Crippen LogP contribution in [0.25, 0.3) is 0 Å². The Morgan fingerprint density at radius 3 is 3.00 bits per heavy atom. The maximum Gasteiger partial charge on any atom is 0.348 e. The molecule has 0 N–H and O–H groups in total. The fourth-order valence-corrected chi connectivity index (χ4v) is 3.55. The van der Waals surface area contributed by atoms with Crippen molar-refractivity contribution < 1.29 is 14.3 Å². The van der Waals surface area contributed by atoms with E-state index in [1.807, 2.05) is 11.0 Å². The monoisotopic (exact) mass is 295 g/mol. The quantitative estimate of drug-likeness (QED) is 0.785. The van der Waals surface area contributed by atoms with Gasteiger partial charge in [-0.15, -0.1) is 11.3 Å². The zero-order valence-electron chi connectivity index (χ0n) is 12.1.